The third-order valence-electron chi connectivity index (χ3n) is 7.96. The number of allylic oxidation sites excluding steroid dienone is 4. The van der Waals surface area contributed by atoms with E-state index in [1.807, 2.05) is 24.3 Å². The summed E-state index contributed by atoms with van der Waals surface area (Å²) in [7, 11) is 0. The summed E-state index contributed by atoms with van der Waals surface area (Å²) in [6, 6.07) is 0. The number of hydrogen-bond donors (Lipinski definition) is 0. The highest BCUT2D eigenvalue weighted by Crippen LogP contribution is 2.77. The van der Waals surface area contributed by atoms with E-state index in [9.17, 15) is 24.0 Å². The van der Waals surface area contributed by atoms with Crippen molar-refractivity contribution in [2.24, 2.45) is 52.8 Å². The highest BCUT2D eigenvalue weighted by Gasteiger charge is 2.82. The Hall–Kier alpha value is -2.97. The molecule has 6 aliphatic heterocycles. The Morgan fingerprint density at radius 1 is 0.593 bits per heavy atom. The van der Waals surface area contributed by atoms with Gasteiger partial charge >= 0.3 is 6.16 Å². The molecule has 8 fully saturated rings. The summed E-state index contributed by atoms with van der Waals surface area (Å²) in [6.07, 6.45) is 6.36. The molecule has 1 spiro atoms. The van der Waals surface area contributed by atoms with Gasteiger partial charge in [-0.3, -0.25) is 28.9 Å². The van der Waals surface area contributed by atoms with Gasteiger partial charge in [0.2, 0.25) is 0 Å². The van der Waals surface area contributed by atoms with Gasteiger partial charge in [-0.2, -0.15) is 4.79 Å². The Balaban J connectivity index is 1.50. The van der Waals surface area contributed by atoms with Crippen LogP contribution in [0.25, 0.3) is 0 Å². The second-order valence-corrected chi connectivity index (χ2v) is 8.35. The molecule has 9 nitrogen and oxygen atoms in total. The van der Waals surface area contributed by atoms with E-state index >= 15 is 0 Å². The number of imide groups is 2. The van der Waals surface area contributed by atoms with Crippen molar-refractivity contribution < 1.29 is 33.6 Å². The molecule has 0 radical (unpaired) electrons. The van der Waals surface area contributed by atoms with Crippen LogP contribution in [0.5, 0.6) is 0 Å². The van der Waals surface area contributed by atoms with Crippen molar-refractivity contribution in [3.05, 3.63) is 24.3 Å². The van der Waals surface area contributed by atoms with Crippen molar-refractivity contribution in [1.29, 1.82) is 0 Å². The van der Waals surface area contributed by atoms with Crippen molar-refractivity contribution in [1.82, 2.24) is 10.1 Å². The third-order valence-corrected chi connectivity index (χ3v) is 7.96. The molecule has 8 atom stereocenters. The lowest BCUT2D eigenvalue weighted by Gasteiger charge is -2.39. The van der Waals surface area contributed by atoms with Crippen LogP contribution in [0.1, 0.15) is 0 Å². The minimum atomic E-state index is -1.44. The zero-order chi connectivity index (χ0) is 18.4. The van der Waals surface area contributed by atoms with Gasteiger partial charge in [0.1, 0.15) is 0 Å². The fraction of sp³-hybridized carbons (Fsp3) is 0.500. The van der Waals surface area contributed by atoms with Gasteiger partial charge in [0.05, 0.1) is 23.7 Å². The Kier molecular flexibility index (Phi) is 2.00. The largest absolute Gasteiger partial charge is 0.560 e. The van der Waals surface area contributed by atoms with Crippen LogP contribution in [0.3, 0.4) is 0 Å². The van der Waals surface area contributed by atoms with Crippen molar-refractivity contribution in [2.45, 2.75) is 0 Å². The van der Waals surface area contributed by atoms with Crippen LogP contribution in [-0.4, -0.2) is 39.9 Å². The SMILES string of the molecule is O=C1ON2C(=O)C3C(C2=O)[C@@H]2C=C[C@H]3C23[C@@H]2C=C[C@H]3C3C(=O)N(O1)C(=O)C32. The van der Waals surface area contributed by atoms with Gasteiger partial charge in [0, 0.05) is 0 Å². The molecule has 10 rings (SSSR count). The van der Waals surface area contributed by atoms with Crippen LogP contribution in [0.4, 0.5) is 4.79 Å². The molecule has 11 bridgehead atoms. The fourth-order valence-corrected chi connectivity index (χ4v) is 7.43. The Morgan fingerprint density at radius 2 is 0.889 bits per heavy atom. The number of carbonyl (C=O) groups is 5. The molecule has 4 unspecified atom stereocenters. The molecule has 10 aliphatic rings. The zero-order valence-corrected chi connectivity index (χ0v) is 13.7. The van der Waals surface area contributed by atoms with E-state index in [0.717, 1.165) is 0 Å². The average Bonchev–Trinajstić information content (AvgIpc) is 3.44. The van der Waals surface area contributed by atoms with E-state index in [1.54, 1.807) is 0 Å². The normalized spacial score (nSPS) is 52.4. The lowest BCUT2D eigenvalue weighted by Crippen LogP contribution is -2.47. The number of amides is 4. The quantitative estimate of drug-likeness (QED) is 0.430. The molecule has 9 heteroatoms. The zero-order valence-electron chi connectivity index (χ0n) is 13.7. The molecule has 6 saturated heterocycles. The first-order chi connectivity index (χ1) is 13.0. The predicted octanol–water partition coefficient (Wildman–Crippen LogP) is -0.196. The number of hydrogen-bond acceptors (Lipinski definition) is 7. The molecule has 0 N–H and O–H groups in total. The predicted molar refractivity (Wildman–Crippen MR) is 79.9 cm³/mol. The molecule has 6 heterocycles. The van der Waals surface area contributed by atoms with E-state index in [0.29, 0.717) is 10.1 Å². The van der Waals surface area contributed by atoms with Gasteiger partial charge in [0.15, 0.2) is 0 Å². The maximum atomic E-state index is 12.9. The minimum Gasteiger partial charge on any atom is -0.293 e. The van der Waals surface area contributed by atoms with Crippen molar-refractivity contribution >= 4 is 29.8 Å². The summed E-state index contributed by atoms with van der Waals surface area (Å²) >= 11 is 0. The lowest BCUT2D eigenvalue weighted by atomic mass is 9.64. The molecular weight excluding hydrogens is 356 g/mol. The minimum absolute atomic E-state index is 0.266. The maximum absolute atomic E-state index is 12.9. The van der Waals surface area contributed by atoms with Gasteiger partial charge in [-0.15, -0.1) is 0 Å². The first-order valence-electron chi connectivity index (χ1n) is 9.00. The van der Waals surface area contributed by atoms with Crippen molar-refractivity contribution in [3.8, 4) is 0 Å². The summed E-state index contributed by atoms with van der Waals surface area (Å²) in [5.41, 5.74) is -0.511. The van der Waals surface area contributed by atoms with Crippen LogP contribution in [0.2, 0.25) is 0 Å². The Morgan fingerprint density at radius 3 is 1.19 bits per heavy atom. The van der Waals surface area contributed by atoms with Gasteiger partial charge in [-0.05, 0) is 29.1 Å². The standard InChI is InChI=1S/C18H12N2O7/c21-13-9-5-1-2-6-10(9)14(22)19(13)26-17(25)27-20-15(23)11-7-3-4-8(18(5,6)7)12(11)16(20)24/h1-12H/t5-,6+,7-,8+,9?,10?,11?,12?,18?. The summed E-state index contributed by atoms with van der Waals surface area (Å²) in [4.78, 5) is 73.3. The second-order valence-electron chi connectivity index (χ2n) is 8.35. The molecule has 27 heavy (non-hydrogen) atoms. The van der Waals surface area contributed by atoms with Crippen molar-refractivity contribution in [3.63, 3.8) is 0 Å². The van der Waals surface area contributed by atoms with Gasteiger partial charge in [0.25, 0.3) is 23.6 Å². The second kappa shape index (κ2) is 3.83. The molecule has 0 aromatic rings. The van der Waals surface area contributed by atoms with E-state index in [2.05, 4.69) is 0 Å². The molecule has 4 aliphatic carbocycles. The molecule has 0 aromatic carbocycles. The van der Waals surface area contributed by atoms with Crippen molar-refractivity contribution in [2.75, 3.05) is 0 Å². The molecular formula is C18H12N2O7. The maximum Gasteiger partial charge on any atom is 0.560 e. The van der Waals surface area contributed by atoms with Crippen LogP contribution in [0.15, 0.2) is 24.3 Å². The Labute approximate surface area is 151 Å². The van der Waals surface area contributed by atoms with E-state index in [4.69, 9.17) is 9.68 Å². The highest BCUT2D eigenvalue weighted by atomic mass is 16.9. The van der Waals surface area contributed by atoms with Crippen LogP contribution < -0.4 is 0 Å². The van der Waals surface area contributed by atoms with Gasteiger partial charge in [-0.25, -0.2) is 0 Å². The molecule has 2 saturated carbocycles. The molecule has 4 amide bonds. The molecule has 0 aromatic heterocycles. The van der Waals surface area contributed by atoms with E-state index in [-0.39, 0.29) is 23.7 Å². The first-order valence-corrected chi connectivity index (χ1v) is 9.00. The monoisotopic (exact) mass is 368 g/mol. The van der Waals surface area contributed by atoms with E-state index in [1.165, 1.54) is 0 Å². The van der Waals surface area contributed by atoms with Crippen LogP contribution in [-0.2, 0) is 28.9 Å². The number of carbonyl (C=O) groups excluding carboxylic acids is 5. The smallest absolute Gasteiger partial charge is 0.293 e. The summed E-state index contributed by atoms with van der Waals surface area (Å²) in [6.45, 7) is 0. The number of rotatable bonds is 0. The fourth-order valence-electron chi connectivity index (χ4n) is 7.43. The van der Waals surface area contributed by atoms with Gasteiger partial charge in [-0.1, -0.05) is 34.4 Å². The first kappa shape index (κ1) is 14.1. The summed E-state index contributed by atoms with van der Waals surface area (Å²) in [5.74, 6) is -5.81. The number of hydroxylamine groups is 4. The Bertz CT molecular complexity index is 839. The summed E-state index contributed by atoms with van der Waals surface area (Å²) in [5, 5.41) is 0.903. The number of nitrogens with zero attached hydrogens (tertiary/aromatic N) is 2. The lowest BCUT2D eigenvalue weighted by molar-refractivity contribution is -0.204. The van der Waals surface area contributed by atoms with Crippen LogP contribution >= 0.6 is 0 Å². The third kappa shape index (κ3) is 1.13. The molecule has 136 valence electrons. The highest BCUT2D eigenvalue weighted by molar-refractivity contribution is 6.08. The average molecular weight is 368 g/mol. The van der Waals surface area contributed by atoms with Gasteiger partial charge < -0.3 is 0 Å². The van der Waals surface area contributed by atoms with E-state index < -0.39 is 58.9 Å². The topological polar surface area (TPSA) is 110 Å². The van der Waals surface area contributed by atoms with Crippen LogP contribution in [0, 0.1) is 52.8 Å². The summed E-state index contributed by atoms with van der Waals surface area (Å²) < 4.78 is 0.